The molecule has 0 aromatic heterocycles. The summed E-state index contributed by atoms with van der Waals surface area (Å²) in [5, 5.41) is 0. The maximum absolute atomic E-state index is 12.8. The van der Waals surface area contributed by atoms with E-state index in [4.69, 9.17) is 14.2 Å². The van der Waals surface area contributed by atoms with Crippen LogP contribution in [0.2, 0.25) is 0 Å². The minimum Gasteiger partial charge on any atom is -0.462 e. The average molecular weight is 1000 g/mol. The minimum atomic E-state index is -0.802. The molecule has 6 nitrogen and oxygen atoms in total. The lowest BCUT2D eigenvalue weighted by Gasteiger charge is -2.18. The van der Waals surface area contributed by atoms with Crippen molar-refractivity contribution in [2.24, 2.45) is 0 Å². The highest BCUT2D eigenvalue weighted by Gasteiger charge is 2.19. The number of carbonyl (C=O) groups excluding carboxylic acids is 3. The molecule has 0 aromatic rings. The van der Waals surface area contributed by atoms with Gasteiger partial charge in [-0.3, -0.25) is 14.4 Å². The Labute approximate surface area is 445 Å². The van der Waals surface area contributed by atoms with E-state index >= 15 is 0 Å². The summed E-state index contributed by atoms with van der Waals surface area (Å²) in [6, 6.07) is 0. The van der Waals surface area contributed by atoms with Crippen LogP contribution >= 0.6 is 0 Å². The number of allylic oxidation sites excluding steroid dienone is 16. The minimum absolute atomic E-state index is 0.0968. The third-order valence-electron chi connectivity index (χ3n) is 12.8. The lowest BCUT2D eigenvalue weighted by atomic mass is 10.0. The molecule has 0 amide bonds. The molecule has 0 rings (SSSR count). The quantitative estimate of drug-likeness (QED) is 0.0261. The molecule has 0 saturated carbocycles. The van der Waals surface area contributed by atoms with Gasteiger partial charge in [0.25, 0.3) is 0 Å². The summed E-state index contributed by atoms with van der Waals surface area (Å²) >= 11 is 0. The zero-order chi connectivity index (χ0) is 52.2. The molecule has 0 aliphatic heterocycles. The summed E-state index contributed by atoms with van der Waals surface area (Å²) in [5.74, 6) is -0.948. The molecule has 0 fully saturated rings. The summed E-state index contributed by atoms with van der Waals surface area (Å²) in [6.45, 7) is 6.42. The van der Waals surface area contributed by atoms with E-state index in [-0.39, 0.29) is 37.5 Å². The van der Waals surface area contributed by atoms with Crippen LogP contribution in [0.25, 0.3) is 0 Å². The molecule has 0 aliphatic rings. The zero-order valence-corrected chi connectivity index (χ0v) is 47.2. The van der Waals surface area contributed by atoms with Crippen molar-refractivity contribution in [3.05, 3.63) is 97.2 Å². The van der Waals surface area contributed by atoms with E-state index in [1.165, 1.54) is 128 Å². The molecule has 72 heavy (non-hydrogen) atoms. The normalized spacial score (nSPS) is 12.8. The molecule has 6 heteroatoms. The van der Waals surface area contributed by atoms with Gasteiger partial charge in [0.05, 0.1) is 0 Å². The summed E-state index contributed by atoms with van der Waals surface area (Å²) < 4.78 is 16.8. The first-order valence-electron chi connectivity index (χ1n) is 30.2. The summed E-state index contributed by atoms with van der Waals surface area (Å²) in [7, 11) is 0. The van der Waals surface area contributed by atoms with Gasteiger partial charge in [-0.2, -0.15) is 0 Å². The van der Waals surface area contributed by atoms with E-state index in [2.05, 4.69) is 118 Å². The molecule has 412 valence electrons. The monoisotopic (exact) mass is 1000 g/mol. The maximum Gasteiger partial charge on any atom is 0.306 e. The number of unbranched alkanes of at least 4 members (excludes halogenated alkanes) is 27. The summed E-state index contributed by atoms with van der Waals surface area (Å²) in [4.78, 5) is 38.1. The van der Waals surface area contributed by atoms with Crippen molar-refractivity contribution in [3.8, 4) is 0 Å². The van der Waals surface area contributed by atoms with Crippen molar-refractivity contribution in [2.75, 3.05) is 13.2 Å². The Kier molecular flexibility index (Phi) is 56.8. The van der Waals surface area contributed by atoms with Crippen molar-refractivity contribution in [2.45, 2.75) is 290 Å². The molecule has 0 spiro atoms. The molecular formula is C66H112O6. The lowest BCUT2D eigenvalue weighted by molar-refractivity contribution is -0.167. The molecule has 1 unspecified atom stereocenters. The molecule has 0 aromatic carbocycles. The fourth-order valence-corrected chi connectivity index (χ4v) is 8.27. The van der Waals surface area contributed by atoms with Gasteiger partial charge in [0, 0.05) is 19.3 Å². The Bertz CT molecular complexity index is 1430. The van der Waals surface area contributed by atoms with Gasteiger partial charge in [-0.15, -0.1) is 0 Å². The van der Waals surface area contributed by atoms with Gasteiger partial charge >= 0.3 is 17.9 Å². The van der Waals surface area contributed by atoms with Gasteiger partial charge < -0.3 is 14.2 Å². The molecule has 0 N–H and O–H groups in total. The van der Waals surface area contributed by atoms with E-state index in [9.17, 15) is 14.4 Å². The first-order valence-corrected chi connectivity index (χ1v) is 30.2. The number of hydrogen-bond acceptors (Lipinski definition) is 6. The maximum atomic E-state index is 12.8. The average Bonchev–Trinajstić information content (AvgIpc) is 3.38. The van der Waals surface area contributed by atoms with Crippen molar-refractivity contribution in [3.63, 3.8) is 0 Å². The molecule has 0 heterocycles. The van der Waals surface area contributed by atoms with Crippen LogP contribution in [0.15, 0.2) is 97.2 Å². The van der Waals surface area contributed by atoms with Crippen LogP contribution in [0.5, 0.6) is 0 Å². The van der Waals surface area contributed by atoms with Crippen LogP contribution in [0.4, 0.5) is 0 Å². The highest BCUT2D eigenvalue weighted by Crippen LogP contribution is 2.16. The third kappa shape index (κ3) is 57.2. The first kappa shape index (κ1) is 68.3. The van der Waals surface area contributed by atoms with Crippen LogP contribution in [0, 0.1) is 0 Å². The number of ether oxygens (including phenoxy) is 3. The van der Waals surface area contributed by atoms with Crippen LogP contribution in [0.1, 0.15) is 284 Å². The fraction of sp³-hybridized carbons (Fsp3) is 0.712. The highest BCUT2D eigenvalue weighted by atomic mass is 16.6. The van der Waals surface area contributed by atoms with Crippen molar-refractivity contribution >= 4 is 17.9 Å². The second kappa shape index (κ2) is 59.9. The van der Waals surface area contributed by atoms with Crippen LogP contribution in [-0.4, -0.2) is 37.2 Å². The Morgan fingerprint density at radius 1 is 0.292 bits per heavy atom. The predicted octanol–water partition coefficient (Wildman–Crippen LogP) is 20.5. The molecular weight excluding hydrogens is 889 g/mol. The predicted molar refractivity (Wildman–Crippen MR) is 311 cm³/mol. The molecule has 0 saturated heterocycles. The molecule has 0 bridgehead atoms. The lowest BCUT2D eigenvalue weighted by Crippen LogP contribution is -2.30. The molecule has 0 radical (unpaired) electrons. The Morgan fingerprint density at radius 2 is 0.569 bits per heavy atom. The van der Waals surface area contributed by atoms with Crippen LogP contribution in [-0.2, 0) is 28.6 Å². The Balaban J connectivity index is 4.21. The second-order valence-electron chi connectivity index (χ2n) is 19.9. The third-order valence-corrected chi connectivity index (χ3v) is 12.8. The number of hydrogen-bond donors (Lipinski definition) is 0. The smallest absolute Gasteiger partial charge is 0.306 e. The number of esters is 3. The van der Waals surface area contributed by atoms with Crippen molar-refractivity contribution in [1.82, 2.24) is 0 Å². The van der Waals surface area contributed by atoms with Gasteiger partial charge in [-0.25, -0.2) is 0 Å². The van der Waals surface area contributed by atoms with E-state index < -0.39 is 6.10 Å². The van der Waals surface area contributed by atoms with Crippen molar-refractivity contribution in [1.29, 1.82) is 0 Å². The molecule has 1 atom stereocenters. The fourth-order valence-electron chi connectivity index (χ4n) is 8.27. The van der Waals surface area contributed by atoms with E-state index in [1.807, 2.05) is 0 Å². The van der Waals surface area contributed by atoms with E-state index in [0.29, 0.717) is 19.3 Å². The summed E-state index contributed by atoms with van der Waals surface area (Å²) in [5.41, 5.74) is 0. The zero-order valence-electron chi connectivity index (χ0n) is 47.2. The van der Waals surface area contributed by atoms with Crippen molar-refractivity contribution < 1.29 is 28.6 Å². The van der Waals surface area contributed by atoms with Gasteiger partial charge in [-0.05, 0) is 116 Å². The standard InChI is InChI=1S/C66H112O6/c1-4-7-10-13-16-19-22-24-26-27-28-29-30-31-32-33-34-35-36-37-38-39-41-42-44-47-50-53-56-59-65(68)71-62-63(61-70-64(67)58-55-52-49-46-21-18-15-12-9-6-3)72-66(69)60-57-54-51-48-45-43-40-25-23-20-17-14-11-8-5-2/h8,11-12,15,17,20,22,24-25,27-28,30-31,40,45,48,63H,4-7,9-10,13-14,16,18-19,21,23,26,29,32-39,41-44,46-47,49-62H2,1-3H3/b11-8-,15-12-,20-17-,24-22-,28-27-,31-30-,40-25-,48-45-. The Morgan fingerprint density at radius 3 is 0.944 bits per heavy atom. The Hall–Kier alpha value is -3.67. The van der Waals surface area contributed by atoms with E-state index in [0.717, 1.165) is 109 Å². The van der Waals surface area contributed by atoms with Gasteiger partial charge in [0.15, 0.2) is 6.10 Å². The number of carbonyl (C=O) groups is 3. The van der Waals surface area contributed by atoms with E-state index in [1.54, 1.807) is 0 Å². The van der Waals surface area contributed by atoms with Gasteiger partial charge in [-0.1, -0.05) is 246 Å². The highest BCUT2D eigenvalue weighted by molar-refractivity contribution is 5.71. The van der Waals surface area contributed by atoms with Gasteiger partial charge in [0.2, 0.25) is 0 Å². The second-order valence-corrected chi connectivity index (χ2v) is 19.9. The van der Waals surface area contributed by atoms with Crippen LogP contribution < -0.4 is 0 Å². The largest absolute Gasteiger partial charge is 0.462 e. The topological polar surface area (TPSA) is 78.9 Å². The number of rotatable bonds is 54. The molecule has 0 aliphatic carbocycles. The SMILES string of the molecule is CC/C=C\C/C=C\C/C=C\C/C=C\CCCCC(=O)OC(COC(=O)CCCCCCC/C=C\CCC)COC(=O)CCCCCCCCCCCCCCCC/C=C\C/C=C\C/C=C\CCCCCCC. The van der Waals surface area contributed by atoms with Gasteiger partial charge in [0.1, 0.15) is 13.2 Å². The first-order chi connectivity index (χ1) is 35.5. The summed E-state index contributed by atoms with van der Waals surface area (Å²) in [6.07, 6.45) is 80.0. The van der Waals surface area contributed by atoms with Crippen LogP contribution in [0.3, 0.4) is 0 Å².